The third-order valence-electron chi connectivity index (χ3n) is 11.9. The molecule has 2 aliphatic carbocycles. The van der Waals surface area contributed by atoms with Crippen molar-refractivity contribution in [1.82, 2.24) is 9.80 Å². The predicted molar refractivity (Wildman–Crippen MR) is 186 cm³/mol. The van der Waals surface area contributed by atoms with Crippen molar-refractivity contribution in [3.05, 3.63) is 105 Å². The summed E-state index contributed by atoms with van der Waals surface area (Å²) in [4.78, 5) is 62.4. The number of phenolic OH excluding ortho intramolecular Hbond substituents is 1. The molecular weight excluding hydrogens is 680 g/mol. The van der Waals surface area contributed by atoms with Crippen molar-refractivity contribution >= 4 is 52.5 Å². The SMILES string of the molecule is C[C@@]12C(=O)N(c3ccc(F)c(Cl)c3)C(=O)[C@@H]1C[C@@H]1C(=CC[C@@H]3C(=O)N(C4CCN(Cc5ccccc5)CC4)C(=O)[C@@H]31)[C@@H]2c1cc(Cl)ccc1O. The Morgan fingerprint density at radius 2 is 1.64 bits per heavy atom. The topological polar surface area (TPSA) is 98.2 Å². The summed E-state index contributed by atoms with van der Waals surface area (Å²) in [6.07, 6.45) is 3.78. The summed E-state index contributed by atoms with van der Waals surface area (Å²) in [5.74, 6) is -5.71. The molecule has 3 aromatic carbocycles. The second kappa shape index (κ2) is 12.3. The molecule has 0 radical (unpaired) electrons. The second-order valence-corrected chi connectivity index (χ2v) is 15.3. The number of halogens is 3. The monoisotopic (exact) mass is 715 g/mol. The Bertz CT molecular complexity index is 1960. The average Bonchev–Trinajstić information content (AvgIpc) is 3.47. The fourth-order valence-electron chi connectivity index (χ4n) is 9.55. The highest BCUT2D eigenvalue weighted by molar-refractivity contribution is 6.32. The number of benzene rings is 3. The van der Waals surface area contributed by atoms with E-state index in [0.29, 0.717) is 29.8 Å². The van der Waals surface area contributed by atoms with Crippen molar-refractivity contribution < 1.29 is 28.7 Å². The van der Waals surface area contributed by atoms with Gasteiger partial charge in [-0.2, -0.15) is 0 Å². The molecule has 0 spiro atoms. The number of hydrogen-bond acceptors (Lipinski definition) is 6. The minimum absolute atomic E-state index is 0.0933. The van der Waals surface area contributed by atoms with Crippen molar-refractivity contribution in [2.24, 2.45) is 29.1 Å². The Hall–Kier alpha value is -4.05. The van der Waals surface area contributed by atoms with E-state index in [4.69, 9.17) is 23.2 Å². The van der Waals surface area contributed by atoms with Gasteiger partial charge in [0.1, 0.15) is 11.6 Å². The standard InChI is InChI=1S/C39H36Cl2FN3O5/c1-39-29(36(48)45(38(39)50)24-8-11-31(42)30(41)18-24)19-27-25(34(39)28-17-22(40)7-12-32(28)46)9-10-26-33(27)37(49)44(35(26)47)23-13-15-43(16-14-23)20-21-5-3-2-4-6-21/h2-9,11-12,17-18,23,26-27,29,33-34,46H,10,13-16,19-20H2,1H3/t26-,27+,29-,33-,34+,39+/m0/s1. The lowest BCUT2D eigenvalue weighted by atomic mass is 9.51. The lowest BCUT2D eigenvalue weighted by Gasteiger charge is -2.49. The number of allylic oxidation sites excluding steroid dienone is 2. The molecular formula is C39H36Cl2FN3O5. The molecule has 8 rings (SSSR count). The summed E-state index contributed by atoms with van der Waals surface area (Å²) in [5, 5.41) is 11.3. The van der Waals surface area contributed by atoms with Crippen molar-refractivity contribution in [2.75, 3.05) is 18.0 Å². The number of anilines is 1. The lowest BCUT2D eigenvalue weighted by molar-refractivity contribution is -0.144. The Labute approximate surface area is 299 Å². The van der Waals surface area contributed by atoms with Crippen LogP contribution in [0.2, 0.25) is 10.0 Å². The maximum absolute atomic E-state index is 14.6. The van der Waals surface area contributed by atoms with E-state index in [0.717, 1.165) is 36.2 Å². The molecule has 0 bridgehead atoms. The number of carbonyl (C=O) groups is 4. The summed E-state index contributed by atoms with van der Waals surface area (Å²) in [7, 11) is 0. The second-order valence-electron chi connectivity index (χ2n) is 14.5. The number of phenols is 1. The first-order valence-corrected chi connectivity index (χ1v) is 17.9. The Balaban J connectivity index is 1.14. The molecule has 3 aliphatic heterocycles. The minimum Gasteiger partial charge on any atom is -0.508 e. The van der Waals surface area contributed by atoms with E-state index in [-0.39, 0.29) is 40.7 Å². The molecule has 3 saturated heterocycles. The van der Waals surface area contributed by atoms with Gasteiger partial charge in [0.15, 0.2) is 0 Å². The van der Waals surface area contributed by atoms with Crippen LogP contribution in [0, 0.1) is 34.9 Å². The van der Waals surface area contributed by atoms with Crippen molar-refractivity contribution in [3.8, 4) is 5.75 Å². The number of hydrogen-bond donors (Lipinski definition) is 1. The first-order chi connectivity index (χ1) is 24.0. The Morgan fingerprint density at radius 1 is 0.900 bits per heavy atom. The van der Waals surface area contributed by atoms with E-state index < -0.39 is 52.6 Å². The van der Waals surface area contributed by atoms with Gasteiger partial charge >= 0.3 is 0 Å². The molecule has 8 nitrogen and oxygen atoms in total. The van der Waals surface area contributed by atoms with Crippen LogP contribution in [0.4, 0.5) is 10.1 Å². The summed E-state index contributed by atoms with van der Waals surface area (Å²) < 4.78 is 14.2. The van der Waals surface area contributed by atoms with Gasteiger partial charge in [-0.1, -0.05) is 65.2 Å². The first-order valence-electron chi connectivity index (χ1n) is 17.1. The smallest absolute Gasteiger partial charge is 0.241 e. The summed E-state index contributed by atoms with van der Waals surface area (Å²) >= 11 is 12.6. The van der Waals surface area contributed by atoms with Gasteiger partial charge in [0.05, 0.1) is 33.9 Å². The molecule has 3 aromatic rings. The van der Waals surface area contributed by atoms with E-state index in [2.05, 4.69) is 17.0 Å². The van der Waals surface area contributed by atoms with Crippen LogP contribution in [-0.4, -0.2) is 57.7 Å². The van der Waals surface area contributed by atoms with Crippen LogP contribution < -0.4 is 4.90 Å². The molecule has 1 N–H and O–H groups in total. The van der Waals surface area contributed by atoms with Gasteiger partial charge in [-0.3, -0.25) is 29.0 Å². The van der Waals surface area contributed by atoms with E-state index in [1.165, 1.54) is 28.7 Å². The fourth-order valence-corrected chi connectivity index (χ4v) is 9.90. The normalized spacial score (nSPS) is 30.0. The largest absolute Gasteiger partial charge is 0.508 e. The van der Waals surface area contributed by atoms with Crippen LogP contribution in [0.3, 0.4) is 0 Å². The maximum Gasteiger partial charge on any atom is 0.241 e. The molecule has 50 heavy (non-hydrogen) atoms. The van der Waals surface area contributed by atoms with E-state index >= 15 is 0 Å². The Morgan fingerprint density at radius 3 is 2.36 bits per heavy atom. The average molecular weight is 717 g/mol. The number of rotatable bonds is 5. The maximum atomic E-state index is 14.6. The molecule has 0 aromatic heterocycles. The van der Waals surface area contributed by atoms with Crippen molar-refractivity contribution in [2.45, 2.75) is 51.1 Å². The summed E-state index contributed by atoms with van der Waals surface area (Å²) in [6, 6.07) is 18.3. The lowest BCUT2D eigenvalue weighted by Crippen LogP contribution is -2.49. The van der Waals surface area contributed by atoms with Crippen LogP contribution in [0.1, 0.15) is 49.7 Å². The highest BCUT2D eigenvalue weighted by Crippen LogP contribution is 2.64. The van der Waals surface area contributed by atoms with Crippen LogP contribution >= 0.6 is 23.2 Å². The zero-order valence-corrected chi connectivity index (χ0v) is 28.9. The number of amides is 4. The third kappa shape index (κ3) is 5.03. The number of fused-ring (bicyclic) bond motifs is 4. The minimum atomic E-state index is -1.38. The van der Waals surface area contributed by atoms with Gasteiger partial charge in [-0.15, -0.1) is 0 Å². The zero-order chi connectivity index (χ0) is 35.1. The number of nitrogens with zero attached hydrogens (tertiary/aromatic N) is 3. The van der Waals surface area contributed by atoms with Crippen molar-refractivity contribution in [3.63, 3.8) is 0 Å². The third-order valence-corrected chi connectivity index (χ3v) is 12.5. The van der Waals surface area contributed by atoms with Gasteiger partial charge in [0, 0.05) is 42.2 Å². The van der Waals surface area contributed by atoms with Gasteiger partial charge in [-0.25, -0.2) is 9.29 Å². The molecule has 6 atom stereocenters. The molecule has 4 fully saturated rings. The molecule has 3 heterocycles. The fraction of sp³-hybridized carbons (Fsp3) is 0.385. The number of likely N-dealkylation sites (tertiary alicyclic amines) is 2. The van der Waals surface area contributed by atoms with Crippen LogP contribution in [-0.2, 0) is 25.7 Å². The molecule has 5 aliphatic rings. The van der Waals surface area contributed by atoms with Crippen molar-refractivity contribution in [1.29, 1.82) is 0 Å². The number of piperidine rings is 1. The number of carbonyl (C=O) groups excluding carboxylic acids is 4. The predicted octanol–water partition coefficient (Wildman–Crippen LogP) is 6.73. The van der Waals surface area contributed by atoms with Crippen LogP contribution in [0.5, 0.6) is 5.75 Å². The molecule has 258 valence electrons. The zero-order valence-electron chi connectivity index (χ0n) is 27.4. The molecule has 1 saturated carbocycles. The summed E-state index contributed by atoms with van der Waals surface area (Å²) in [6.45, 7) is 4.04. The van der Waals surface area contributed by atoms with Gasteiger partial charge in [0.2, 0.25) is 23.6 Å². The first kappa shape index (κ1) is 33.1. The molecule has 4 amide bonds. The highest BCUT2D eigenvalue weighted by Gasteiger charge is 2.68. The Kier molecular flexibility index (Phi) is 8.16. The molecule has 11 heteroatoms. The van der Waals surface area contributed by atoms with E-state index in [1.54, 1.807) is 19.1 Å². The molecule has 0 unspecified atom stereocenters. The van der Waals surface area contributed by atoms with Gasteiger partial charge < -0.3 is 5.11 Å². The van der Waals surface area contributed by atoms with Crippen LogP contribution in [0.25, 0.3) is 0 Å². The van der Waals surface area contributed by atoms with E-state index in [9.17, 15) is 28.7 Å². The van der Waals surface area contributed by atoms with E-state index in [1.807, 2.05) is 24.3 Å². The number of imide groups is 2. The highest BCUT2D eigenvalue weighted by atomic mass is 35.5. The summed E-state index contributed by atoms with van der Waals surface area (Å²) in [5.41, 5.74) is 1.10. The van der Waals surface area contributed by atoms with Gasteiger partial charge in [0.25, 0.3) is 0 Å². The van der Waals surface area contributed by atoms with Crippen LogP contribution in [0.15, 0.2) is 78.4 Å². The number of aromatic hydroxyl groups is 1. The quantitative estimate of drug-likeness (QED) is 0.232. The van der Waals surface area contributed by atoms with Gasteiger partial charge in [-0.05, 0) is 80.5 Å².